The Morgan fingerprint density at radius 3 is 2.33 bits per heavy atom. The first-order valence-electron chi connectivity index (χ1n) is 4.46. The van der Waals surface area contributed by atoms with E-state index in [-0.39, 0.29) is 0 Å². The summed E-state index contributed by atoms with van der Waals surface area (Å²) in [7, 11) is 0. The molecule has 0 atom stereocenters. The van der Waals surface area contributed by atoms with Gasteiger partial charge in [0.1, 0.15) is 0 Å². The van der Waals surface area contributed by atoms with E-state index in [1.807, 2.05) is 26.0 Å². The summed E-state index contributed by atoms with van der Waals surface area (Å²) >= 11 is 0. The molecule has 0 saturated heterocycles. The average Bonchev–Trinajstić information content (AvgIpc) is 2.09. The van der Waals surface area contributed by atoms with Gasteiger partial charge in [-0.15, -0.1) is 0 Å². The second-order valence-corrected chi connectivity index (χ2v) is 2.17. The third-order valence-corrected chi connectivity index (χ3v) is 1.17. The Balaban J connectivity index is 0. The van der Waals surface area contributed by atoms with E-state index in [9.17, 15) is 0 Å². The molecule has 0 saturated carbocycles. The maximum Gasteiger partial charge on any atom is -0.00399 e. The Morgan fingerprint density at radius 1 is 1.33 bits per heavy atom. The molecule has 0 aliphatic rings. The lowest BCUT2D eigenvalue weighted by molar-refractivity contribution is 0.950. The maximum absolute atomic E-state index is 5.35. The monoisotopic (exact) mass is 167 g/mol. The normalized spacial score (nSPS) is 10.8. The third kappa shape index (κ3) is 11.9. The van der Waals surface area contributed by atoms with Crippen molar-refractivity contribution in [2.24, 2.45) is 5.73 Å². The summed E-state index contributed by atoms with van der Waals surface area (Å²) in [6.45, 7) is 10.4. The van der Waals surface area contributed by atoms with Gasteiger partial charge in [0.25, 0.3) is 0 Å². The molecule has 0 heterocycles. The van der Waals surface area contributed by atoms with Gasteiger partial charge in [-0.25, -0.2) is 0 Å². The predicted octanol–water partition coefficient (Wildman–Crippen LogP) is 3.05. The van der Waals surface area contributed by atoms with Gasteiger partial charge < -0.3 is 5.73 Å². The Labute approximate surface area is 76.7 Å². The van der Waals surface area contributed by atoms with E-state index < -0.39 is 0 Å². The van der Waals surface area contributed by atoms with Crippen molar-refractivity contribution in [3.05, 3.63) is 36.5 Å². The SMILES string of the molecule is C=C/C=C\C=C(/C)CCN.CC. The van der Waals surface area contributed by atoms with Gasteiger partial charge in [-0.3, -0.25) is 0 Å². The largest absolute Gasteiger partial charge is 0.330 e. The van der Waals surface area contributed by atoms with Crippen molar-refractivity contribution in [1.29, 1.82) is 0 Å². The van der Waals surface area contributed by atoms with Gasteiger partial charge >= 0.3 is 0 Å². The summed E-state index contributed by atoms with van der Waals surface area (Å²) in [6.07, 6.45) is 8.65. The fourth-order valence-corrected chi connectivity index (χ4v) is 0.609. The fraction of sp³-hybridized carbons (Fsp3) is 0.455. The first-order valence-corrected chi connectivity index (χ1v) is 4.46. The molecule has 12 heavy (non-hydrogen) atoms. The zero-order valence-electron chi connectivity index (χ0n) is 8.51. The Kier molecular flexibility index (Phi) is 14.7. The molecule has 0 aliphatic heterocycles. The highest BCUT2D eigenvalue weighted by Crippen LogP contribution is 1.96. The molecule has 0 radical (unpaired) electrons. The number of hydrogen-bond acceptors (Lipinski definition) is 1. The van der Waals surface area contributed by atoms with E-state index in [0.717, 1.165) is 13.0 Å². The summed E-state index contributed by atoms with van der Waals surface area (Å²) in [4.78, 5) is 0. The van der Waals surface area contributed by atoms with Crippen LogP contribution in [0.2, 0.25) is 0 Å². The predicted molar refractivity (Wildman–Crippen MR) is 58.1 cm³/mol. The molecule has 70 valence electrons. The number of rotatable bonds is 4. The second-order valence-electron chi connectivity index (χ2n) is 2.17. The van der Waals surface area contributed by atoms with Crippen LogP contribution in [0, 0.1) is 0 Å². The molecule has 0 aromatic carbocycles. The van der Waals surface area contributed by atoms with Crippen LogP contribution in [0.3, 0.4) is 0 Å². The van der Waals surface area contributed by atoms with Crippen LogP contribution in [0.1, 0.15) is 27.2 Å². The second kappa shape index (κ2) is 12.8. The summed E-state index contributed by atoms with van der Waals surface area (Å²) in [5.41, 5.74) is 6.65. The number of allylic oxidation sites excluding steroid dienone is 4. The minimum absolute atomic E-state index is 0.726. The Morgan fingerprint density at radius 2 is 1.92 bits per heavy atom. The lowest BCUT2D eigenvalue weighted by Gasteiger charge is -1.92. The molecule has 2 N–H and O–H groups in total. The summed E-state index contributed by atoms with van der Waals surface area (Å²) in [5.74, 6) is 0. The van der Waals surface area contributed by atoms with Crippen LogP contribution >= 0.6 is 0 Å². The molecule has 1 heteroatoms. The highest BCUT2D eigenvalue weighted by atomic mass is 14.5. The maximum atomic E-state index is 5.35. The van der Waals surface area contributed by atoms with Gasteiger partial charge in [0.2, 0.25) is 0 Å². The third-order valence-electron chi connectivity index (χ3n) is 1.17. The zero-order valence-corrected chi connectivity index (χ0v) is 8.51. The van der Waals surface area contributed by atoms with Crippen LogP contribution < -0.4 is 5.73 Å². The van der Waals surface area contributed by atoms with Crippen LogP contribution in [-0.4, -0.2) is 6.54 Å². The molecule has 0 aromatic rings. The lowest BCUT2D eigenvalue weighted by Crippen LogP contribution is -1.98. The topological polar surface area (TPSA) is 26.0 Å². The smallest absolute Gasteiger partial charge is 0.00399 e. The Hall–Kier alpha value is -0.820. The first-order chi connectivity index (χ1) is 5.81. The van der Waals surface area contributed by atoms with Crippen LogP contribution in [0.15, 0.2) is 36.5 Å². The van der Waals surface area contributed by atoms with Gasteiger partial charge in [0.15, 0.2) is 0 Å². The molecule has 0 bridgehead atoms. The molecular weight excluding hydrogens is 146 g/mol. The van der Waals surface area contributed by atoms with Crippen molar-refractivity contribution in [2.75, 3.05) is 6.54 Å². The molecule has 0 aromatic heterocycles. The van der Waals surface area contributed by atoms with Crippen LogP contribution in [0.4, 0.5) is 0 Å². The molecule has 0 aliphatic carbocycles. The molecular formula is C11H21N. The molecule has 0 rings (SSSR count). The van der Waals surface area contributed by atoms with Gasteiger partial charge in [0.05, 0.1) is 0 Å². The van der Waals surface area contributed by atoms with Crippen molar-refractivity contribution in [1.82, 2.24) is 0 Å². The fourth-order valence-electron chi connectivity index (χ4n) is 0.609. The highest BCUT2D eigenvalue weighted by molar-refractivity contribution is 5.14. The minimum Gasteiger partial charge on any atom is -0.330 e. The van der Waals surface area contributed by atoms with Gasteiger partial charge in [0, 0.05) is 0 Å². The summed E-state index contributed by atoms with van der Waals surface area (Å²) in [5, 5.41) is 0. The number of hydrogen-bond donors (Lipinski definition) is 1. The van der Waals surface area contributed by atoms with E-state index >= 15 is 0 Å². The zero-order chi connectivity index (χ0) is 9.82. The van der Waals surface area contributed by atoms with E-state index in [1.165, 1.54) is 5.57 Å². The van der Waals surface area contributed by atoms with Crippen LogP contribution in [0.25, 0.3) is 0 Å². The Bertz CT molecular complexity index is 143. The first kappa shape index (κ1) is 13.7. The standard InChI is InChI=1S/C9H15N.C2H6/c1-3-4-5-6-9(2)7-8-10;1-2/h3-6H,1,7-8,10H2,2H3;1-2H3/b5-4-,9-6+;. The van der Waals surface area contributed by atoms with Gasteiger partial charge in [-0.05, 0) is 19.9 Å². The quantitative estimate of drug-likeness (QED) is 0.640. The lowest BCUT2D eigenvalue weighted by atomic mass is 10.2. The van der Waals surface area contributed by atoms with E-state index in [1.54, 1.807) is 6.08 Å². The summed E-state index contributed by atoms with van der Waals surface area (Å²) in [6, 6.07) is 0. The molecule has 0 unspecified atom stereocenters. The highest BCUT2D eigenvalue weighted by Gasteiger charge is 1.81. The van der Waals surface area contributed by atoms with E-state index in [0.29, 0.717) is 0 Å². The molecule has 0 fully saturated rings. The van der Waals surface area contributed by atoms with Crippen LogP contribution in [-0.2, 0) is 0 Å². The van der Waals surface area contributed by atoms with Gasteiger partial charge in [-0.2, -0.15) is 0 Å². The van der Waals surface area contributed by atoms with Crippen molar-refractivity contribution < 1.29 is 0 Å². The number of nitrogens with two attached hydrogens (primary N) is 1. The minimum atomic E-state index is 0.726. The van der Waals surface area contributed by atoms with Gasteiger partial charge in [-0.1, -0.05) is 50.3 Å². The van der Waals surface area contributed by atoms with E-state index in [4.69, 9.17) is 5.73 Å². The van der Waals surface area contributed by atoms with E-state index in [2.05, 4.69) is 19.6 Å². The van der Waals surface area contributed by atoms with Crippen LogP contribution in [0.5, 0.6) is 0 Å². The van der Waals surface area contributed by atoms with Crippen molar-refractivity contribution >= 4 is 0 Å². The average molecular weight is 167 g/mol. The van der Waals surface area contributed by atoms with Crippen molar-refractivity contribution in [2.45, 2.75) is 27.2 Å². The molecule has 0 amide bonds. The molecule has 0 spiro atoms. The van der Waals surface area contributed by atoms with Crippen molar-refractivity contribution in [3.63, 3.8) is 0 Å². The molecule has 1 nitrogen and oxygen atoms in total. The summed E-state index contributed by atoms with van der Waals surface area (Å²) < 4.78 is 0. The van der Waals surface area contributed by atoms with Crippen molar-refractivity contribution in [3.8, 4) is 0 Å².